The predicted molar refractivity (Wildman–Crippen MR) is 72.8 cm³/mol. The Morgan fingerprint density at radius 2 is 2.24 bits per heavy atom. The summed E-state index contributed by atoms with van der Waals surface area (Å²) in [6.45, 7) is 1.84. The standard InChI is InChI=1S/C12H20N4S/c17-12(15-11-5-1-2-6-11)13-7-3-9-16-10-4-8-14-16/h4,8,10-11H,1-3,5-7,9H2,(H2,13,15,17). The lowest BCUT2D eigenvalue weighted by molar-refractivity contribution is 0.565. The molecule has 94 valence electrons. The molecule has 1 saturated carbocycles. The summed E-state index contributed by atoms with van der Waals surface area (Å²) in [7, 11) is 0. The molecule has 17 heavy (non-hydrogen) atoms. The Morgan fingerprint density at radius 1 is 1.41 bits per heavy atom. The highest BCUT2D eigenvalue weighted by Gasteiger charge is 2.14. The lowest BCUT2D eigenvalue weighted by Crippen LogP contribution is -2.41. The average Bonchev–Trinajstić information content (AvgIpc) is 2.96. The zero-order valence-corrected chi connectivity index (χ0v) is 10.9. The van der Waals surface area contributed by atoms with E-state index in [0.717, 1.165) is 24.6 Å². The van der Waals surface area contributed by atoms with Crippen molar-refractivity contribution in [2.45, 2.75) is 44.7 Å². The van der Waals surface area contributed by atoms with Crippen molar-refractivity contribution in [2.24, 2.45) is 0 Å². The van der Waals surface area contributed by atoms with Gasteiger partial charge in [-0.25, -0.2) is 0 Å². The van der Waals surface area contributed by atoms with E-state index in [2.05, 4.69) is 15.7 Å². The zero-order valence-electron chi connectivity index (χ0n) is 10.1. The first-order chi connectivity index (χ1) is 8.34. The molecule has 1 aromatic rings. The SMILES string of the molecule is S=C(NCCCn1cccn1)NC1CCCC1. The summed E-state index contributed by atoms with van der Waals surface area (Å²) in [5.41, 5.74) is 0. The summed E-state index contributed by atoms with van der Waals surface area (Å²) in [6, 6.07) is 2.54. The van der Waals surface area contributed by atoms with Crippen molar-refractivity contribution in [1.82, 2.24) is 20.4 Å². The van der Waals surface area contributed by atoms with Crippen molar-refractivity contribution in [1.29, 1.82) is 0 Å². The van der Waals surface area contributed by atoms with Crippen molar-refractivity contribution < 1.29 is 0 Å². The van der Waals surface area contributed by atoms with Crippen LogP contribution in [0.15, 0.2) is 18.5 Å². The van der Waals surface area contributed by atoms with Crippen molar-refractivity contribution in [3.05, 3.63) is 18.5 Å². The van der Waals surface area contributed by atoms with Crippen molar-refractivity contribution in [2.75, 3.05) is 6.54 Å². The van der Waals surface area contributed by atoms with Gasteiger partial charge in [-0.2, -0.15) is 5.10 Å². The van der Waals surface area contributed by atoms with Crippen molar-refractivity contribution >= 4 is 17.3 Å². The van der Waals surface area contributed by atoms with Gasteiger partial charge in [0.1, 0.15) is 0 Å². The second-order valence-electron chi connectivity index (χ2n) is 4.50. The lowest BCUT2D eigenvalue weighted by Gasteiger charge is -2.15. The minimum atomic E-state index is 0.598. The van der Waals surface area contributed by atoms with Crippen LogP contribution in [0.3, 0.4) is 0 Å². The fraction of sp³-hybridized carbons (Fsp3) is 0.667. The van der Waals surface area contributed by atoms with Crippen LogP contribution in [-0.2, 0) is 6.54 Å². The second kappa shape index (κ2) is 6.59. The normalized spacial score (nSPS) is 16.0. The van der Waals surface area contributed by atoms with Crippen molar-refractivity contribution in [3.8, 4) is 0 Å². The Kier molecular flexibility index (Phi) is 4.79. The van der Waals surface area contributed by atoms with Crippen LogP contribution in [0.25, 0.3) is 0 Å². The van der Waals surface area contributed by atoms with Crippen LogP contribution in [0.1, 0.15) is 32.1 Å². The van der Waals surface area contributed by atoms with Gasteiger partial charge in [0, 0.05) is 31.5 Å². The third-order valence-electron chi connectivity index (χ3n) is 3.10. The van der Waals surface area contributed by atoms with E-state index in [1.165, 1.54) is 25.7 Å². The summed E-state index contributed by atoms with van der Waals surface area (Å²) in [5, 5.41) is 11.6. The zero-order chi connectivity index (χ0) is 11.9. The number of nitrogens with zero attached hydrogens (tertiary/aromatic N) is 2. The first-order valence-corrected chi connectivity index (χ1v) is 6.77. The van der Waals surface area contributed by atoms with E-state index in [4.69, 9.17) is 12.2 Å². The Labute approximate surface area is 108 Å². The fourth-order valence-electron chi connectivity index (χ4n) is 2.18. The first-order valence-electron chi connectivity index (χ1n) is 6.36. The summed E-state index contributed by atoms with van der Waals surface area (Å²) in [5.74, 6) is 0. The molecule has 1 aromatic heterocycles. The number of aryl methyl sites for hydroxylation is 1. The van der Waals surface area contributed by atoms with E-state index in [-0.39, 0.29) is 0 Å². The van der Waals surface area contributed by atoms with Crippen molar-refractivity contribution in [3.63, 3.8) is 0 Å². The number of hydrogen-bond acceptors (Lipinski definition) is 2. The molecule has 2 N–H and O–H groups in total. The quantitative estimate of drug-likeness (QED) is 0.618. The number of rotatable bonds is 5. The minimum absolute atomic E-state index is 0.598. The van der Waals surface area contributed by atoms with Crippen LogP contribution >= 0.6 is 12.2 Å². The number of aromatic nitrogens is 2. The maximum atomic E-state index is 5.26. The van der Waals surface area contributed by atoms with Crippen LogP contribution in [-0.4, -0.2) is 27.5 Å². The van der Waals surface area contributed by atoms with Crippen LogP contribution in [0.5, 0.6) is 0 Å². The van der Waals surface area contributed by atoms with Crippen LogP contribution < -0.4 is 10.6 Å². The molecule has 5 heteroatoms. The van der Waals surface area contributed by atoms with E-state index in [9.17, 15) is 0 Å². The number of nitrogens with one attached hydrogen (secondary N) is 2. The summed E-state index contributed by atoms with van der Waals surface area (Å²) in [6.07, 6.45) is 10.0. The Morgan fingerprint density at radius 3 is 2.94 bits per heavy atom. The molecule has 1 heterocycles. The molecule has 0 saturated heterocycles. The topological polar surface area (TPSA) is 41.9 Å². The van der Waals surface area contributed by atoms with E-state index < -0.39 is 0 Å². The Balaban J connectivity index is 1.53. The predicted octanol–water partition coefficient (Wildman–Crippen LogP) is 1.68. The van der Waals surface area contributed by atoms with Gasteiger partial charge in [-0.3, -0.25) is 4.68 Å². The van der Waals surface area contributed by atoms with Crippen LogP contribution in [0, 0.1) is 0 Å². The maximum Gasteiger partial charge on any atom is 0.166 e. The molecule has 0 bridgehead atoms. The summed E-state index contributed by atoms with van der Waals surface area (Å²) >= 11 is 5.26. The Bertz CT molecular complexity index is 330. The van der Waals surface area contributed by atoms with Gasteiger partial charge in [0.05, 0.1) is 0 Å². The second-order valence-corrected chi connectivity index (χ2v) is 4.91. The van der Waals surface area contributed by atoms with Crippen LogP contribution in [0.2, 0.25) is 0 Å². The van der Waals surface area contributed by atoms with Gasteiger partial charge >= 0.3 is 0 Å². The highest BCUT2D eigenvalue weighted by molar-refractivity contribution is 7.80. The van der Waals surface area contributed by atoms with Gasteiger partial charge in [0.2, 0.25) is 0 Å². The highest BCUT2D eigenvalue weighted by Crippen LogP contribution is 2.17. The number of hydrogen-bond donors (Lipinski definition) is 2. The monoisotopic (exact) mass is 252 g/mol. The lowest BCUT2D eigenvalue weighted by atomic mass is 10.3. The van der Waals surface area contributed by atoms with E-state index in [0.29, 0.717) is 6.04 Å². The van der Waals surface area contributed by atoms with Gasteiger partial charge in [0.25, 0.3) is 0 Å². The molecule has 0 spiro atoms. The molecule has 2 rings (SSSR count). The molecule has 0 aromatic carbocycles. The smallest absolute Gasteiger partial charge is 0.166 e. The fourth-order valence-corrected chi connectivity index (χ4v) is 2.45. The third kappa shape index (κ3) is 4.34. The van der Waals surface area contributed by atoms with Gasteiger partial charge < -0.3 is 10.6 Å². The highest BCUT2D eigenvalue weighted by atomic mass is 32.1. The van der Waals surface area contributed by atoms with E-state index in [1.54, 1.807) is 6.20 Å². The Hall–Kier alpha value is -1.10. The molecule has 1 fully saturated rings. The molecule has 0 aliphatic heterocycles. The summed E-state index contributed by atoms with van der Waals surface area (Å²) < 4.78 is 1.94. The summed E-state index contributed by atoms with van der Waals surface area (Å²) in [4.78, 5) is 0. The molecule has 0 radical (unpaired) electrons. The number of thiocarbonyl (C=S) groups is 1. The molecular weight excluding hydrogens is 232 g/mol. The molecule has 1 aliphatic rings. The molecule has 0 amide bonds. The molecule has 4 nitrogen and oxygen atoms in total. The maximum absolute atomic E-state index is 5.26. The molecule has 1 aliphatic carbocycles. The molecule has 0 atom stereocenters. The third-order valence-corrected chi connectivity index (χ3v) is 3.36. The van der Waals surface area contributed by atoms with E-state index in [1.807, 2.05) is 16.9 Å². The van der Waals surface area contributed by atoms with Gasteiger partial charge in [0.15, 0.2) is 5.11 Å². The van der Waals surface area contributed by atoms with E-state index >= 15 is 0 Å². The minimum Gasteiger partial charge on any atom is -0.363 e. The van der Waals surface area contributed by atoms with Gasteiger partial charge in [-0.1, -0.05) is 12.8 Å². The average molecular weight is 252 g/mol. The van der Waals surface area contributed by atoms with Crippen LogP contribution in [0.4, 0.5) is 0 Å². The molecule has 0 unspecified atom stereocenters. The largest absolute Gasteiger partial charge is 0.363 e. The van der Waals surface area contributed by atoms with Gasteiger partial charge in [-0.05, 0) is 37.5 Å². The first kappa shape index (κ1) is 12.4. The van der Waals surface area contributed by atoms with Gasteiger partial charge in [-0.15, -0.1) is 0 Å². The molecular formula is C12H20N4S.